The monoisotopic (exact) mass is 244 g/mol. The number of hydrogen-bond donors (Lipinski definition) is 1. The normalized spacial score (nSPS) is 12.1. The smallest absolute Gasteiger partial charge is 0.220 e. The SMILES string of the molecule is C[C@H](NC(=O)CCc1ccco1)c1ccncc1. The average molecular weight is 244 g/mol. The zero-order valence-electron chi connectivity index (χ0n) is 10.3. The summed E-state index contributed by atoms with van der Waals surface area (Å²) in [5.74, 6) is 0.859. The van der Waals surface area contributed by atoms with Crippen LogP contribution >= 0.6 is 0 Å². The molecule has 4 nitrogen and oxygen atoms in total. The maximum absolute atomic E-state index is 11.8. The van der Waals surface area contributed by atoms with Crippen molar-refractivity contribution < 1.29 is 9.21 Å². The minimum atomic E-state index is -0.00268. The van der Waals surface area contributed by atoms with Crippen LogP contribution in [0.2, 0.25) is 0 Å². The summed E-state index contributed by atoms with van der Waals surface area (Å²) in [7, 11) is 0. The van der Waals surface area contributed by atoms with Gasteiger partial charge in [0, 0.05) is 25.2 Å². The third-order valence-corrected chi connectivity index (χ3v) is 2.76. The van der Waals surface area contributed by atoms with Crippen LogP contribution in [0.15, 0.2) is 47.3 Å². The number of aromatic nitrogens is 1. The Morgan fingerprint density at radius 2 is 2.17 bits per heavy atom. The van der Waals surface area contributed by atoms with E-state index in [-0.39, 0.29) is 11.9 Å². The molecule has 0 aromatic carbocycles. The molecule has 0 aliphatic heterocycles. The summed E-state index contributed by atoms with van der Waals surface area (Å²) in [6, 6.07) is 7.50. The molecule has 0 aliphatic rings. The standard InChI is InChI=1S/C14H16N2O2/c1-11(12-6-8-15-9-7-12)16-14(17)5-4-13-3-2-10-18-13/h2-3,6-11H,4-5H2,1H3,(H,16,17)/t11-/m0/s1. The number of nitrogens with one attached hydrogen (secondary N) is 1. The van der Waals surface area contributed by atoms with Gasteiger partial charge in [0.2, 0.25) is 5.91 Å². The molecule has 0 saturated heterocycles. The molecule has 0 radical (unpaired) electrons. The van der Waals surface area contributed by atoms with Crippen molar-refractivity contribution in [3.05, 3.63) is 54.2 Å². The lowest BCUT2D eigenvalue weighted by Gasteiger charge is -2.13. The lowest BCUT2D eigenvalue weighted by molar-refractivity contribution is -0.121. The Labute approximate surface area is 106 Å². The van der Waals surface area contributed by atoms with Crippen LogP contribution in [0, 0.1) is 0 Å². The highest BCUT2D eigenvalue weighted by Gasteiger charge is 2.09. The van der Waals surface area contributed by atoms with Gasteiger partial charge in [-0.1, -0.05) is 0 Å². The van der Waals surface area contributed by atoms with E-state index in [1.807, 2.05) is 31.2 Å². The van der Waals surface area contributed by atoms with Gasteiger partial charge in [-0.2, -0.15) is 0 Å². The second-order valence-electron chi connectivity index (χ2n) is 4.15. The molecule has 94 valence electrons. The fourth-order valence-electron chi connectivity index (χ4n) is 1.74. The van der Waals surface area contributed by atoms with Gasteiger partial charge in [-0.3, -0.25) is 9.78 Å². The molecule has 0 fully saturated rings. The lowest BCUT2D eigenvalue weighted by atomic mass is 10.1. The van der Waals surface area contributed by atoms with Crippen LogP contribution < -0.4 is 5.32 Å². The fourth-order valence-corrected chi connectivity index (χ4v) is 1.74. The number of carbonyl (C=O) groups is 1. The Bertz CT molecular complexity index is 480. The van der Waals surface area contributed by atoms with Crippen molar-refractivity contribution >= 4 is 5.91 Å². The molecule has 0 spiro atoms. The summed E-state index contributed by atoms with van der Waals surface area (Å²) in [6.07, 6.45) is 6.12. The quantitative estimate of drug-likeness (QED) is 0.879. The highest BCUT2D eigenvalue weighted by Crippen LogP contribution is 2.11. The van der Waals surface area contributed by atoms with Crippen molar-refractivity contribution in [2.45, 2.75) is 25.8 Å². The topological polar surface area (TPSA) is 55.1 Å². The number of amides is 1. The van der Waals surface area contributed by atoms with E-state index >= 15 is 0 Å². The van der Waals surface area contributed by atoms with E-state index in [0.717, 1.165) is 11.3 Å². The van der Waals surface area contributed by atoms with E-state index < -0.39 is 0 Å². The number of pyridine rings is 1. The van der Waals surface area contributed by atoms with Crippen molar-refractivity contribution in [1.29, 1.82) is 0 Å². The predicted molar refractivity (Wildman–Crippen MR) is 67.8 cm³/mol. The van der Waals surface area contributed by atoms with Crippen molar-refractivity contribution in [2.24, 2.45) is 0 Å². The first-order valence-electron chi connectivity index (χ1n) is 5.97. The molecule has 1 amide bonds. The Kier molecular flexibility index (Phi) is 4.12. The first-order chi connectivity index (χ1) is 8.75. The van der Waals surface area contributed by atoms with E-state index in [9.17, 15) is 4.79 Å². The van der Waals surface area contributed by atoms with Gasteiger partial charge in [0.25, 0.3) is 0 Å². The molecule has 0 unspecified atom stereocenters. The van der Waals surface area contributed by atoms with Gasteiger partial charge in [-0.05, 0) is 36.8 Å². The van der Waals surface area contributed by atoms with Crippen LogP contribution in [0.5, 0.6) is 0 Å². The highest BCUT2D eigenvalue weighted by molar-refractivity contribution is 5.76. The number of carbonyl (C=O) groups excluding carboxylic acids is 1. The van der Waals surface area contributed by atoms with E-state index in [0.29, 0.717) is 12.8 Å². The molecule has 2 aromatic rings. The lowest BCUT2D eigenvalue weighted by Crippen LogP contribution is -2.26. The zero-order chi connectivity index (χ0) is 12.8. The number of rotatable bonds is 5. The number of hydrogen-bond acceptors (Lipinski definition) is 3. The van der Waals surface area contributed by atoms with Crippen LogP contribution in [0.1, 0.15) is 30.7 Å². The summed E-state index contributed by atoms with van der Waals surface area (Å²) in [4.78, 5) is 15.7. The molecule has 18 heavy (non-hydrogen) atoms. The predicted octanol–water partition coefficient (Wildman–Crippen LogP) is 2.48. The van der Waals surface area contributed by atoms with E-state index in [1.165, 1.54) is 0 Å². The van der Waals surface area contributed by atoms with Gasteiger partial charge in [0.05, 0.1) is 12.3 Å². The minimum Gasteiger partial charge on any atom is -0.469 e. The summed E-state index contributed by atoms with van der Waals surface area (Å²) < 4.78 is 5.19. The van der Waals surface area contributed by atoms with Gasteiger partial charge in [-0.25, -0.2) is 0 Å². The van der Waals surface area contributed by atoms with Gasteiger partial charge in [-0.15, -0.1) is 0 Å². The van der Waals surface area contributed by atoms with Crippen molar-refractivity contribution in [2.75, 3.05) is 0 Å². The molecule has 4 heteroatoms. The molecule has 0 bridgehead atoms. The van der Waals surface area contributed by atoms with Crippen LogP contribution in [-0.2, 0) is 11.2 Å². The van der Waals surface area contributed by atoms with Gasteiger partial charge in [0.1, 0.15) is 5.76 Å². The summed E-state index contributed by atoms with van der Waals surface area (Å²) in [5, 5.41) is 2.95. The maximum Gasteiger partial charge on any atom is 0.220 e. The minimum absolute atomic E-state index is 0.00268. The Morgan fingerprint density at radius 3 is 2.83 bits per heavy atom. The van der Waals surface area contributed by atoms with Crippen LogP contribution in [-0.4, -0.2) is 10.9 Å². The second-order valence-corrected chi connectivity index (χ2v) is 4.15. The highest BCUT2D eigenvalue weighted by atomic mass is 16.3. The molecule has 2 heterocycles. The number of aryl methyl sites for hydroxylation is 1. The van der Waals surface area contributed by atoms with Gasteiger partial charge >= 0.3 is 0 Å². The first kappa shape index (κ1) is 12.4. The Hall–Kier alpha value is -2.10. The molecule has 2 rings (SSSR count). The van der Waals surface area contributed by atoms with Crippen LogP contribution in [0.25, 0.3) is 0 Å². The zero-order valence-corrected chi connectivity index (χ0v) is 10.3. The molecule has 0 saturated carbocycles. The summed E-state index contributed by atoms with van der Waals surface area (Å²) in [5.41, 5.74) is 1.05. The Morgan fingerprint density at radius 1 is 1.39 bits per heavy atom. The average Bonchev–Trinajstić information content (AvgIpc) is 2.90. The van der Waals surface area contributed by atoms with Crippen molar-refractivity contribution in [3.63, 3.8) is 0 Å². The van der Waals surface area contributed by atoms with E-state index in [1.54, 1.807) is 18.7 Å². The summed E-state index contributed by atoms with van der Waals surface area (Å²) in [6.45, 7) is 1.96. The maximum atomic E-state index is 11.8. The second kappa shape index (κ2) is 6.00. The van der Waals surface area contributed by atoms with Gasteiger partial charge < -0.3 is 9.73 Å². The van der Waals surface area contributed by atoms with Crippen LogP contribution in [0.3, 0.4) is 0 Å². The molecule has 1 atom stereocenters. The van der Waals surface area contributed by atoms with Crippen molar-refractivity contribution in [3.8, 4) is 0 Å². The van der Waals surface area contributed by atoms with Crippen molar-refractivity contribution in [1.82, 2.24) is 10.3 Å². The molecular weight excluding hydrogens is 228 g/mol. The fraction of sp³-hybridized carbons (Fsp3) is 0.286. The van der Waals surface area contributed by atoms with E-state index in [4.69, 9.17) is 4.42 Å². The van der Waals surface area contributed by atoms with Crippen LogP contribution in [0.4, 0.5) is 0 Å². The molecule has 2 aromatic heterocycles. The first-order valence-corrected chi connectivity index (χ1v) is 5.97. The molecule has 1 N–H and O–H groups in total. The van der Waals surface area contributed by atoms with E-state index in [2.05, 4.69) is 10.3 Å². The third kappa shape index (κ3) is 3.45. The Balaban J connectivity index is 1.80. The third-order valence-electron chi connectivity index (χ3n) is 2.76. The molecular formula is C14H16N2O2. The van der Waals surface area contributed by atoms with Gasteiger partial charge in [0.15, 0.2) is 0 Å². The number of nitrogens with zero attached hydrogens (tertiary/aromatic N) is 1. The molecule has 0 aliphatic carbocycles. The number of furan rings is 1. The summed E-state index contributed by atoms with van der Waals surface area (Å²) >= 11 is 0. The largest absolute Gasteiger partial charge is 0.469 e.